The Kier molecular flexibility index (Phi) is 5.00. The fourth-order valence-corrected chi connectivity index (χ4v) is 3.53. The third-order valence-electron chi connectivity index (χ3n) is 3.92. The van der Waals surface area contributed by atoms with Gasteiger partial charge in [-0.05, 0) is 24.3 Å². The van der Waals surface area contributed by atoms with Crippen molar-refractivity contribution in [1.82, 2.24) is 15.5 Å². The molecule has 0 spiro atoms. The quantitative estimate of drug-likeness (QED) is 0.513. The zero-order valence-electron chi connectivity index (χ0n) is 14.1. The van der Waals surface area contributed by atoms with Crippen LogP contribution in [0.2, 0.25) is 4.34 Å². The lowest BCUT2D eigenvalue weighted by Crippen LogP contribution is -2.21. The van der Waals surface area contributed by atoms with Crippen LogP contribution in [0.1, 0.15) is 15.4 Å². The number of hydrogen-bond donors (Lipinski definition) is 1. The first kappa shape index (κ1) is 17.5. The van der Waals surface area contributed by atoms with Crippen molar-refractivity contribution in [3.8, 4) is 22.5 Å². The number of hydrogen-bond acceptors (Lipinski definition) is 5. The van der Waals surface area contributed by atoms with Gasteiger partial charge in [0.05, 0.1) is 21.5 Å². The first-order valence-electron chi connectivity index (χ1n) is 8.20. The summed E-state index contributed by atoms with van der Waals surface area (Å²) in [4.78, 5) is 17.0. The average molecular weight is 396 g/mol. The molecule has 1 N–H and O–H groups in total. The number of nitrogens with zero attached hydrogens (tertiary/aromatic N) is 2. The van der Waals surface area contributed by atoms with E-state index in [0.717, 1.165) is 16.8 Å². The van der Waals surface area contributed by atoms with Gasteiger partial charge in [0.1, 0.15) is 5.69 Å². The number of nitrogens with one attached hydrogen (secondary N) is 1. The molecular formula is C20H14ClN3O2S. The zero-order valence-corrected chi connectivity index (χ0v) is 15.6. The molecule has 0 unspecified atom stereocenters. The summed E-state index contributed by atoms with van der Waals surface area (Å²) in [5.74, 6) is 0.388. The van der Waals surface area contributed by atoms with Gasteiger partial charge < -0.3 is 9.84 Å². The van der Waals surface area contributed by atoms with Gasteiger partial charge in [-0.15, -0.1) is 11.3 Å². The predicted molar refractivity (Wildman–Crippen MR) is 106 cm³/mol. The lowest BCUT2D eigenvalue weighted by molar-refractivity contribution is 0.0951. The molecule has 0 aliphatic rings. The van der Waals surface area contributed by atoms with Crippen LogP contribution in [-0.2, 0) is 6.54 Å². The first-order chi connectivity index (χ1) is 13.2. The van der Waals surface area contributed by atoms with Gasteiger partial charge in [0.15, 0.2) is 5.76 Å². The molecule has 27 heavy (non-hydrogen) atoms. The molecule has 4 rings (SSSR count). The fourth-order valence-electron chi connectivity index (χ4n) is 2.57. The van der Waals surface area contributed by atoms with E-state index in [2.05, 4.69) is 15.5 Å². The minimum absolute atomic E-state index is 0.190. The van der Waals surface area contributed by atoms with Crippen LogP contribution in [0, 0.1) is 0 Å². The smallest absolute Gasteiger partial charge is 0.261 e. The van der Waals surface area contributed by atoms with Crippen molar-refractivity contribution in [3.05, 3.63) is 81.8 Å². The van der Waals surface area contributed by atoms with Gasteiger partial charge in [-0.3, -0.25) is 9.78 Å². The lowest BCUT2D eigenvalue weighted by atomic mass is 10.1. The number of benzene rings is 1. The molecule has 0 atom stereocenters. The van der Waals surface area contributed by atoms with Crippen LogP contribution in [0.4, 0.5) is 0 Å². The van der Waals surface area contributed by atoms with Crippen molar-refractivity contribution in [2.45, 2.75) is 6.54 Å². The molecule has 0 saturated carbocycles. The summed E-state index contributed by atoms with van der Waals surface area (Å²) in [6, 6.07) is 18.9. The average Bonchev–Trinajstić information content (AvgIpc) is 3.36. The number of carbonyl (C=O) groups is 1. The summed E-state index contributed by atoms with van der Waals surface area (Å²) in [7, 11) is 0. The predicted octanol–water partition coefficient (Wildman–Crippen LogP) is 5.05. The maximum Gasteiger partial charge on any atom is 0.261 e. The second-order valence-corrected chi connectivity index (χ2v) is 7.47. The van der Waals surface area contributed by atoms with Crippen LogP contribution in [0.3, 0.4) is 0 Å². The van der Waals surface area contributed by atoms with E-state index in [-0.39, 0.29) is 12.5 Å². The monoisotopic (exact) mass is 395 g/mol. The number of aromatic nitrogens is 2. The third kappa shape index (κ3) is 4.07. The third-order valence-corrected chi connectivity index (χ3v) is 5.15. The lowest BCUT2D eigenvalue weighted by Gasteiger charge is -2.01. The number of pyridine rings is 1. The van der Waals surface area contributed by atoms with E-state index < -0.39 is 0 Å². The molecule has 3 aromatic heterocycles. The summed E-state index contributed by atoms with van der Waals surface area (Å²) in [6.45, 7) is 0.257. The Labute approximate surface area is 164 Å². The summed E-state index contributed by atoms with van der Waals surface area (Å²) in [5.41, 5.74) is 3.60. The van der Waals surface area contributed by atoms with Gasteiger partial charge in [0.25, 0.3) is 5.91 Å². The van der Waals surface area contributed by atoms with Crippen LogP contribution in [-0.4, -0.2) is 16.0 Å². The van der Waals surface area contributed by atoms with Crippen molar-refractivity contribution >= 4 is 28.8 Å². The molecule has 0 bridgehead atoms. The largest absolute Gasteiger partial charge is 0.359 e. The Morgan fingerprint density at radius 3 is 2.48 bits per heavy atom. The van der Waals surface area contributed by atoms with Crippen LogP contribution in [0.15, 0.2) is 71.4 Å². The molecule has 3 heterocycles. The van der Waals surface area contributed by atoms with Crippen molar-refractivity contribution in [1.29, 1.82) is 0 Å². The second kappa shape index (κ2) is 7.73. The Morgan fingerprint density at radius 1 is 1.04 bits per heavy atom. The van der Waals surface area contributed by atoms with Gasteiger partial charge >= 0.3 is 0 Å². The summed E-state index contributed by atoms with van der Waals surface area (Å²) < 4.78 is 5.91. The summed E-state index contributed by atoms with van der Waals surface area (Å²) in [6.07, 6.45) is 1.77. The van der Waals surface area contributed by atoms with Crippen LogP contribution in [0.5, 0.6) is 0 Å². The number of halogens is 1. The maximum absolute atomic E-state index is 12.1. The van der Waals surface area contributed by atoms with E-state index in [1.807, 2.05) is 48.5 Å². The molecule has 7 heteroatoms. The number of thiophene rings is 1. The van der Waals surface area contributed by atoms with E-state index in [0.29, 0.717) is 20.7 Å². The van der Waals surface area contributed by atoms with Gasteiger partial charge in [-0.25, -0.2) is 0 Å². The molecule has 4 aromatic rings. The minimum atomic E-state index is -0.190. The van der Waals surface area contributed by atoms with Crippen molar-refractivity contribution in [2.24, 2.45) is 0 Å². The van der Waals surface area contributed by atoms with Crippen molar-refractivity contribution < 1.29 is 9.32 Å². The molecule has 1 amide bonds. The van der Waals surface area contributed by atoms with Crippen molar-refractivity contribution in [3.63, 3.8) is 0 Å². The Balaban J connectivity index is 1.42. The van der Waals surface area contributed by atoms with Gasteiger partial charge in [-0.2, -0.15) is 0 Å². The highest BCUT2D eigenvalue weighted by Gasteiger charge is 2.11. The van der Waals surface area contributed by atoms with E-state index >= 15 is 0 Å². The molecule has 0 radical (unpaired) electrons. The van der Waals surface area contributed by atoms with E-state index in [4.69, 9.17) is 16.1 Å². The van der Waals surface area contributed by atoms with Gasteiger partial charge in [0.2, 0.25) is 0 Å². The van der Waals surface area contributed by atoms with E-state index in [9.17, 15) is 4.79 Å². The summed E-state index contributed by atoms with van der Waals surface area (Å²) in [5, 5.41) is 6.88. The topological polar surface area (TPSA) is 68.0 Å². The normalized spacial score (nSPS) is 10.7. The molecule has 0 aliphatic heterocycles. The molecule has 5 nitrogen and oxygen atoms in total. The Bertz CT molecular complexity index is 1060. The summed E-state index contributed by atoms with van der Waals surface area (Å²) >= 11 is 7.08. The van der Waals surface area contributed by atoms with Crippen LogP contribution >= 0.6 is 22.9 Å². The molecule has 0 saturated heterocycles. The van der Waals surface area contributed by atoms with Crippen molar-refractivity contribution in [2.75, 3.05) is 0 Å². The molecule has 0 aliphatic carbocycles. The van der Waals surface area contributed by atoms with Crippen LogP contribution in [0.25, 0.3) is 22.5 Å². The highest BCUT2D eigenvalue weighted by Crippen LogP contribution is 2.24. The second-order valence-electron chi connectivity index (χ2n) is 5.76. The van der Waals surface area contributed by atoms with Gasteiger partial charge in [0, 0.05) is 23.4 Å². The Morgan fingerprint density at radius 2 is 1.81 bits per heavy atom. The standard InChI is InChI=1S/C20H14ClN3O2S/c21-19-9-8-18(27-19)20(25)23-12-15-11-17(24-26-15)14-6-4-13(5-7-14)16-3-1-2-10-22-16/h1-11H,12H2,(H,23,25). The van der Waals surface area contributed by atoms with E-state index in [1.54, 1.807) is 18.3 Å². The zero-order chi connectivity index (χ0) is 18.6. The molecular weight excluding hydrogens is 382 g/mol. The molecule has 1 aromatic carbocycles. The SMILES string of the molecule is O=C(NCc1cc(-c2ccc(-c3ccccn3)cc2)no1)c1ccc(Cl)s1. The highest BCUT2D eigenvalue weighted by atomic mass is 35.5. The molecule has 0 fully saturated rings. The van der Waals surface area contributed by atoms with E-state index in [1.165, 1.54) is 11.3 Å². The Hall–Kier alpha value is -2.96. The maximum atomic E-state index is 12.1. The number of amides is 1. The molecule has 134 valence electrons. The van der Waals surface area contributed by atoms with Gasteiger partial charge in [-0.1, -0.05) is 47.1 Å². The van der Waals surface area contributed by atoms with Crippen LogP contribution < -0.4 is 5.32 Å². The number of carbonyl (C=O) groups excluding carboxylic acids is 1. The fraction of sp³-hybridized carbons (Fsp3) is 0.0500. The minimum Gasteiger partial charge on any atom is -0.359 e. The first-order valence-corrected chi connectivity index (χ1v) is 9.39. The highest BCUT2D eigenvalue weighted by molar-refractivity contribution is 7.17. The number of rotatable bonds is 5.